The number of benzene rings is 3. The number of methoxy groups -OCH3 is 1. The van der Waals surface area contributed by atoms with Crippen LogP contribution in [0.2, 0.25) is 0 Å². The van der Waals surface area contributed by atoms with E-state index in [4.69, 9.17) is 9.72 Å². The van der Waals surface area contributed by atoms with Crippen LogP contribution in [0.15, 0.2) is 72.8 Å². The SMILES string of the molecule is CCc1ccc(NC(=O)CC2C(=O)N(Cc3ccc(OC)cc3)c3nc4ccccc4n32)cc1. The highest BCUT2D eigenvalue weighted by atomic mass is 16.5. The number of aryl methyl sites for hydroxylation is 1. The number of aromatic nitrogens is 2. The molecule has 0 fully saturated rings. The lowest BCUT2D eigenvalue weighted by molar-refractivity contribution is -0.124. The number of amides is 2. The molecule has 5 rings (SSSR count). The summed E-state index contributed by atoms with van der Waals surface area (Å²) in [4.78, 5) is 32.9. The molecule has 2 heterocycles. The summed E-state index contributed by atoms with van der Waals surface area (Å²) < 4.78 is 7.13. The molecule has 0 bridgehead atoms. The van der Waals surface area contributed by atoms with E-state index in [1.807, 2.05) is 77.4 Å². The first kappa shape index (κ1) is 21.7. The van der Waals surface area contributed by atoms with Crippen molar-refractivity contribution in [2.75, 3.05) is 17.3 Å². The Kier molecular flexibility index (Phi) is 5.76. The number of carbonyl (C=O) groups excluding carboxylic acids is 2. The number of ether oxygens (including phenoxy) is 1. The van der Waals surface area contributed by atoms with Gasteiger partial charge < -0.3 is 10.1 Å². The van der Waals surface area contributed by atoms with E-state index < -0.39 is 6.04 Å². The van der Waals surface area contributed by atoms with E-state index in [0.717, 1.165) is 34.5 Å². The quantitative estimate of drug-likeness (QED) is 0.438. The molecule has 34 heavy (non-hydrogen) atoms. The number of carbonyl (C=O) groups is 2. The average molecular weight is 455 g/mol. The summed E-state index contributed by atoms with van der Waals surface area (Å²) in [6.07, 6.45) is 0.964. The summed E-state index contributed by atoms with van der Waals surface area (Å²) >= 11 is 0. The van der Waals surface area contributed by atoms with Crippen LogP contribution in [0, 0.1) is 0 Å². The van der Waals surface area contributed by atoms with Gasteiger partial charge in [-0.15, -0.1) is 0 Å². The number of hydrogen-bond donors (Lipinski definition) is 1. The van der Waals surface area contributed by atoms with Gasteiger partial charge in [-0.2, -0.15) is 0 Å². The Hall–Kier alpha value is -4.13. The fourth-order valence-corrected chi connectivity index (χ4v) is 4.37. The molecule has 3 aromatic carbocycles. The minimum Gasteiger partial charge on any atom is -0.497 e. The molecule has 0 aliphatic carbocycles. The Morgan fingerprint density at radius 1 is 1.00 bits per heavy atom. The van der Waals surface area contributed by atoms with Gasteiger partial charge in [-0.25, -0.2) is 4.98 Å². The number of hydrogen-bond acceptors (Lipinski definition) is 4. The summed E-state index contributed by atoms with van der Waals surface area (Å²) in [6, 6.07) is 22.4. The van der Waals surface area contributed by atoms with E-state index in [-0.39, 0.29) is 18.2 Å². The van der Waals surface area contributed by atoms with Crippen molar-refractivity contribution < 1.29 is 14.3 Å². The fourth-order valence-electron chi connectivity index (χ4n) is 4.37. The number of rotatable bonds is 7. The van der Waals surface area contributed by atoms with E-state index in [1.54, 1.807) is 12.0 Å². The van der Waals surface area contributed by atoms with E-state index in [9.17, 15) is 9.59 Å². The van der Waals surface area contributed by atoms with Gasteiger partial charge in [-0.05, 0) is 53.9 Å². The standard InChI is InChI=1S/C27H26N4O3/c1-3-18-8-12-20(13-9-18)28-25(32)16-24-26(33)30(17-19-10-14-21(34-2)15-11-19)27-29-22-6-4-5-7-23(22)31(24)27/h4-15,24H,3,16-17H2,1-2H3,(H,28,32). The minimum atomic E-state index is -0.657. The van der Waals surface area contributed by atoms with E-state index >= 15 is 0 Å². The lowest BCUT2D eigenvalue weighted by Gasteiger charge is -2.16. The van der Waals surface area contributed by atoms with Gasteiger partial charge in [0.1, 0.15) is 11.8 Å². The maximum Gasteiger partial charge on any atom is 0.253 e. The van der Waals surface area contributed by atoms with Crippen molar-refractivity contribution in [3.63, 3.8) is 0 Å². The maximum absolute atomic E-state index is 13.5. The first-order chi connectivity index (χ1) is 16.6. The Morgan fingerprint density at radius 3 is 2.41 bits per heavy atom. The van der Waals surface area contributed by atoms with Crippen LogP contribution in [0.25, 0.3) is 11.0 Å². The first-order valence-corrected chi connectivity index (χ1v) is 11.4. The molecule has 1 atom stereocenters. The lowest BCUT2D eigenvalue weighted by atomic mass is 10.1. The molecule has 7 heteroatoms. The predicted octanol–water partition coefficient (Wildman–Crippen LogP) is 4.72. The average Bonchev–Trinajstić information content (AvgIpc) is 3.35. The Morgan fingerprint density at radius 2 is 1.71 bits per heavy atom. The first-order valence-electron chi connectivity index (χ1n) is 11.4. The Labute approximate surface area is 198 Å². The molecule has 1 unspecified atom stereocenters. The highest BCUT2D eigenvalue weighted by Gasteiger charge is 2.40. The molecule has 1 aromatic heterocycles. The summed E-state index contributed by atoms with van der Waals surface area (Å²) in [6.45, 7) is 2.45. The van der Waals surface area contributed by atoms with Crippen LogP contribution in [0.4, 0.5) is 11.6 Å². The van der Waals surface area contributed by atoms with Crippen LogP contribution in [-0.4, -0.2) is 28.5 Å². The normalized spacial score (nSPS) is 14.9. The largest absolute Gasteiger partial charge is 0.497 e. The van der Waals surface area contributed by atoms with Crippen LogP contribution in [0.1, 0.15) is 30.5 Å². The second-order valence-electron chi connectivity index (χ2n) is 8.36. The van der Waals surface area contributed by atoms with Crippen LogP contribution in [-0.2, 0) is 22.6 Å². The number of para-hydroxylation sites is 2. The third-order valence-corrected chi connectivity index (χ3v) is 6.21. The number of nitrogens with one attached hydrogen (secondary N) is 1. The summed E-state index contributed by atoms with van der Waals surface area (Å²) in [7, 11) is 1.62. The molecule has 1 aliphatic heterocycles. The molecule has 0 saturated heterocycles. The summed E-state index contributed by atoms with van der Waals surface area (Å²) in [5, 5.41) is 2.93. The van der Waals surface area contributed by atoms with Crippen molar-refractivity contribution >= 4 is 34.5 Å². The number of nitrogens with zero attached hydrogens (tertiary/aromatic N) is 3. The molecule has 2 amide bonds. The van der Waals surface area contributed by atoms with Gasteiger partial charge in [0, 0.05) is 5.69 Å². The molecule has 172 valence electrons. The maximum atomic E-state index is 13.5. The molecular weight excluding hydrogens is 428 g/mol. The number of anilines is 2. The summed E-state index contributed by atoms with van der Waals surface area (Å²) in [5.74, 6) is 0.968. The van der Waals surface area contributed by atoms with Gasteiger partial charge in [-0.1, -0.05) is 43.3 Å². The van der Waals surface area contributed by atoms with E-state index in [0.29, 0.717) is 12.5 Å². The van der Waals surface area contributed by atoms with Crippen molar-refractivity contribution in [3.05, 3.63) is 83.9 Å². The number of imidazole rings is 1. The molecule has 1 N–H and O–H groups in total. The van der Waals surface area contributed by atoms with Gasteiger partial charge in [-0.3, -0.25) is 19.1 Å². The molecule has 0 radical (unpaired) electrons. The van der Waals surface area contributed by atoms with Gasteiger partial charge in [0.2, 0.25) is 11.9 Å². The zero-order valence-electron chi connectivity index (χ0n) is 19.2. The van der Waals surface area contributed by atoms with E-state index in [2.05, 4.69) is 12.2 Å². The third kappa shape index (κ3) is 4.01. The zero-order valence-corrected chi connectivity index (χ0v) is 19.2. The Bertz CT molecular complexity index is 1340. The van der Waals surface area contributed by atoms with Gasteiger partial charge in [0.15, 0.2) is 0 Å². The predicted molar refractivity (Wildman–Crippen MR) is 132 cm³/mol. The van der Waals surface area contributed by atoms with Crippen LogP contribution in [0.5, 0.6) is 5.75 Å². The lowest BCUT2D eigenvalue weighted by Crippen LogP contribution is -2.31. The topological polar surface area (TPSA) is 76.5 Å². The van der Waals surface area contributed by atoms with Crippen molar-refractivity contribution in [1.82, 2.24) is 9.55 Å². The minimum absolute atomic E-state index is 0.0286. The Balaban J connectivity index is 1.42. The van der Waals surface area contributed by atoms with Crippen molar-refractivity contribution in [2.45, 2.75) is 32.4 Å². The van der Waals surface area contributed by atoms with Crippen LogP contribution >= 0.6 is 0 Å². The number of fused-ring (bicyclic) bond motifs is 3. The van der Waals surface area contributed by atoms with E-state index in [1.165, 1.54) is 5.56 Å². The smallest absolute Gasteiger partial charge is 0.253 e. The highest BCUT2D eigenvalue weighted by molar-refractivity contribution is 6.05. The third-order valence-electron chi connectivity index (χ3n) is 6.21. The van der Waals surface area contributed by atoms with Crippen molar-refractivity contribution in [2.24, 2.45) is 0 Å². The monoisotopic (exact) mass is 454 g/mol. The highest BCUT2D eigenvalue weighted by Crippen LogP contribution is 2.37. The van der Waals surface area contributed by atoms with Gasteiger partial charge in [0.25, 0.3) is 5.91 Å². The molecule has 1 aliphatic rings. The molecule has 0 spiro atoms. The second-order valence-corrected chi connectivity index (χ2v) is 8.36. The molecule has 7 nitrogen and oxygen atoms in total. The van der Waals surface area contributed by atoms with Gasteiger partial charge in [0.05, 0.1) is 31.1 Å². The van der Waals surface area contributed by atoms with Crippen molar-refractivity contribution in [1.29, 1.82) is 0 Å². The molecule has 4 aromatic rings. The molecule has 0 saturated carbocycles. The van der Waals surface area contributed by atoms with Crippen molar-refractivity contribution in [3.8, 4) is 5.75 Å². The fraction of sp³-hybridized carbons (Fsp3) is 0.222. The van der Waals surface area contributed by atoms with Gasteiger partial charge >= 0.3 is 0 Å². The molecular formula is C27H26N4O3. The van der Waals surface area contributed by atoms with Crippen LogP contribution < -0.4 is 15.0 Å². The second kappa shape index (κ2) is 9.02. The zero-order chi connectivity index (χ0) is 23.7. The summed E-state index contributed by atoms with van der Waals surface area (Å²) in [5.41, 5.74) is 4.51. The van der Waals surface area contributed by atoms with Crippen LogP contribution in [0.3, 0.4) is 0 Å².